The van der Waals surface area contributed by atoms with E-state index in [1.807, 2.05) is 47.0 Å². The molecule has 0 aliphatic rings. The summed E-state index contributed by atoms with van der Waals surface area (Å²) in [5.74, 6) is -1.05. The Kier molecular flexibility index (Phi) is 14.6. The SMILES string of the molecule is CCCCCCCCCCCCCCCCCC(=O)c1c(C(=O)O)n(CCCc2ccccc2)c2ccccc12. The maximum Gasteiger partial charge on any atom is 0.353 e. The molecule has 2 aromatic carbocycles. The molecular formula is C36H51NO3. The fourth-order valence-electron chi connectivity index (χ4n) is 5.91. The number of carboxylic acids is 1. The lowest BCUT2D eigenvalue weighted by molar-refractivity contribution is 0.0680. The van der Waals surface area contributed by atoms with Crippen LogP contribution >= 0.6 is 0 Å². The summed E-state index contributed by atoms with van der Waals surface area (Å²) >= 11 is 0. The standard InChI is InChI=1S/C36H51NO3/c1-2-3-4-5-6-7-8-9-10-11-12-13-14-15-19-28-33(38)34-31-26-20-21-27-32(31)37(35(34)36(39)40)29-22-25-30-23-17-16-18-24-30/h16-18,20-21,23-24,26-27H,2-15,19,22,25,28-29H2,1H3,(H,39,40). The number of aryl methyl sites for hydroxylation is 2. The fraction of sp³-hybridized carbons (Fsp3) is 0.556. The highest BCUT2D eigenvalue weighted by Crippen LogP contribution is 2.29. The molecule has 4 nitrogen and oxygen atoms in total. The summed E-state index contributed by atoms with van der Waals surface area (Å²) in [7, 11) is 0. The van der Waals surface area contributed by atoms with Gasteiger partial charge in [-0.3, -0.25) is 4.79 Å². The van der Waals surface area contributed by atoms with Gasteiger partial charge >= 0.3 is 5.97 Å². The zero-order valence-electron chi connectivity index (χ0n) is 24.8. The van der Waals surface area contributed by atoms with Crippen molar-refractivity contribution in [1.82, 2.24) is 4.57 Å². The van der Waals surface area contributed by atoms with E-state index in [1.165, 1.54) is 82.6 Å². The minimum atomic E-state index is -1.02. The van der Waals surface area contributed by atoms with E-state index < -0.39 is 5.97 Å². The first-order chi connectivity index (χ1) is 19.6. The van der Waals surface area contributed by atoms with Crippen LogP contribution in [-0.4, -0.2) is 21.4 Å². The molecule has 4 heteroatoms. The van der Waals surface area contributed by atoms with Crippen LogP contribution in [0, 0.1) is 0 Å². The molecule has 0 atom stereocenters. The van der Waals surface area contributed by atoms with Gasteiger partial charge in [0.15, 0.2) is 5.78 Å². The molecule has 1 N–H and O–H groups in total. The summed E-state index contributed by atoms with van der Waals surface area (Å²) < 4.78 is 1.85. The zero-order chi connectivity index (χ0) is 28.4. The number of nitrogens with zero attached hydrogens (tertiary/aromatic N) is 1. The van der Waals surface area contributed by atoms with E-state index in [0.29, 0.717) is 18.5 Å². The van der Waals surface area contributed by atoms with Gasteiger partial charge in [0.1, 0.15) is 5.69 Å². The number of aromatic nitrogens is 1. The first-order valence-corrected chi connectivity index (χ1v) is 16.0. The van der Waals surface area contributed by atoms with Gasteiger partial charge in [0.2, 0.25) is 0 Å². The van der Waals surface area contributed by atoms with Crippen molar-refractivity contribution in [1.29, 1.82) is 0 Å². The molecule has 3 aromatic rings. The monoisotopic (exact) mass is 545 g/mol. The number of para-hydroxylation sites is 1. The van der Waals surface area contributed by atoms with E-state index in [2.05, 4.69) is 19.1 Å². The highest BCUT2D eigenvalue weighted by molar-refractivity contribution is 6.15. The van der Waals surface area contributed by atoms with E-state index in [9.17, 15) is 14.7 Å². The maximum absolute atomic E-state index is 13.3. The Morgan fingerprint density at radius 3 is 1.75 bits per heavy atom. The third-order valence-corrected chi connectivity index (χ3v) is 8.15. The smallest absolute Gasteiger partial charge is 0.353 e. The molecule has 218 valence electrons. The first kappa shape index (κ1) is 31.6. The topological polar surface area (TPSA) is 59.3 Å². The largest absolute Gasteiger partial charge is 0.477 e. The number of rotatable bonds is 22. The summed E-state index contributed by atoms with van der Waals surface area (Å²) in [4.78, 5) is 25.7. The number of unbranched alkanes of at least 4 members (excludes halogenated alkanes) is 14. The van der Waals surface area contributed by atoms with Crippen molar-refractivity contribution in [2.45, 2.75) is 129 Å². The maximum atomic E-state index is 13.3. The Hall–Kier alpha value is -2.88. The Bertz CT molecular complexity index is 1150. The van der Waals surface area contributed by atoms with Gasteiger partial charge in [-0.15, -0.1) is 0 Å². The van der Waals surface area contributed by atoms with Crippen molar-refractivity contribution < 1.29 is 14.7 Å². The summed E-state index contributed by atoms with van der Waals surface area (Å²) in [6, 6.07) is 17.9. The summed E-state index contributed by atoms with van der Waals surface area (Å²) in [5.41, 5.74) is 2.63. The minimum absolute atomic E-state index is 0.0369. The Balaban J connectivity index is 1.41. The number of hydrogen-bond acceptors (Lipinski definition) is 2. The fourth-order valence-corrected chi connectivity index (χ4v) is 5.91. The molecule has 1 aromatic heterocycles. The van der Waals surface area contributed by atoms with Crippen molar-refractivity contribution in [2.75, 3.05) is 0 Å². The van der Waals surface area contributed by atoms with Gasteiger partial charge in [0.25, 0.3) is 0 Å². The van der Waals surface area contributed by atoms with Crippen LogP contribution < -0.4 is 0 Å². The molecule has 0 bridgehead atoms. The first-order valence-electron chi connectivity index (χ1n) is 16.0. The van der Waals surface area contributed by atoms with Crippen LogP contribution in [0.2, 0.25) is 0 Å². The number of aromatic carboxylic acids is 1. The van der Waals surface area contributed by atoms with Gasteiger partial charge in [0.05, 0.1) is 5.56 Å². The van der Waals surface area contributed by atoms with Crippen molar-refractivity contribution in [3.8, 4) is 0 Å². The van der Waals surface area contributed by atoms with Gasteiger partial charge in [-0.25, -0.2) is 4.79 Å². The molecular weight excluding hydrogens is 494 g/mol. The molecule has 3 rings (SSSR count). The molecule has 1 heterocycles. The average molecular weight is 546 g/mol. The van der Waals surface area contributed by atoms with Crippen molar-refractivity contribution in [3.05, 3.63) is 71.4 Å². The predicted molar refractivity (Wildman–Crippen MR) is 168 cm³/mol. The number of hydrogen-bond donors (Lipinski definition) is 1. The molecule has 0 saturated heterocycles. The van der Waals surface area contributed by atoms with Crippen LogP contribution in [-0.2, 0) is 13.0 Å². The van der Waals surface area contributed by atoms with Crippen LogP contribution in [0.25, 0.3) is 10.9 Å². The second kappa shape index (κ2) is 18.5. The lowest BCUT2D eigenvalue weighted by atomic mass is 10.00. The Morgan fingerprint density at radius 2 is 1.18 bits per heavy atom. The van der Waals surface area contributed by atoms with E-state index >= 15 is 0 Å². The van der Waals surface area contributed by atoms with E-state index in [0.717, 1.165) is 43.0 Å². The van der Waals surface area contributed by atoms with Gasteiger partial charge in [-0.1, -0.05) is 145 Å². The molecule has 0 aliphatic carbocycles. The number of ketones is 1. The minimum Gasteiger partial charge on any atom is -0.477 e. The molecule has 0 saturated carbocycles. The number of carboxylic acid groups (broad SMARTS) is 1. The highest BCUT2D eigenvalue weighted by Gasteiger charge is 2.26. The lowest BCUT2D eigenvalue weighted by Crippen LogP contribution is -2.14. The molecule has 0 aliphatic heterocycles. The summed E-state index contributed by atoms with van der Waals surface area (Å²) in [6.07, 6.45) is 21.4. The molecule has 40 heavy (non-hydrogen) atoms. The van der Waals surface area contributed by atoms with Gasteiger partial charge in [-0.2, -0.15) is 0 Å². The quantitative estimate of drug-likeness (QED) is 0.101. The number of carbonyl (C=O) groups excluding carboxylic acids is 1. The predicted octanol–water partition coefficient (Wildman–Crippen LogP) is 10.4. The van der Waals surface area contributed by atoms with Gasteiger partial charge in [0, 0.05) is 23.9 Å². The molecule has 0 spiro atoms. The van der Waals surface area contributed by atoms with E-state index in [4.69, 9.17) is 0 Å². The Morgan fingerprint density at radius 1 is 0.650 bits per heavy atom. The average Bonchev–Trinajstić information content (AvgIpc) is 3.30. The van der Waals surface area contributed by atoms with Crippen molar-refractivity contribution >= 4 is 22.7 Å². The lowest BCUT2D eigenvalue weighted by Gasteiger charge is -2.09. The van der Waals surface area contributed by atoms with E-state index in [1.54, 1.807) is 0 Å². The molecule has 0 radical (unpaired) electrons. The van der Waals surface area contributed by atoms with Gasteiger partial charge < -0.3 is 9.67 Å². The van der Waals surface area contributed by atoms with E-state index in [-0.39, 0.29) is 11.5 Å². The molecule has 0 fully saturated rings. The number of carbonyl (C=O) groups is 2. The number of benzene rings is 2. The van der Waals surface area contributed by atoms with Crippen LogP contribution in [0.5, 0.6) is 0 Å². The second-order valence-corrected chi connectivity index (χ2v) is 11.4. The van der Waals surface area contributed by atoms with Crippen molar-refractivity contribution in [2.24, 2.45) is 0 Å². The molecule has 0 unspecified atom stereocenters. The number of Topliss-reactive ketones (excluding diaryl/α,β-unsaturated/α-hetero) is 1. The Labute approximate surface area is 242 Å². The van der Waals surface area contributed by atoms with Crippen LogP contribution in [0.1, 0.15) is 142 Å². The summed E-state index contributed by atoms with van der Waals surface area (Å²) in [6.45, 7) is 2.84. The third-order valence-electron chi connectivity index (χ3n) is 8.15. The normalized spacial score (nSPS) is 11.3. The highest BCUT2D eigenvalue weighted by atomic mass is 16.4. The van der Waals surface area contributed by atoms with Crippen LogP contribution in [0.4, 0.5) is 0 Å². The van der Waals surface area contributed by atoms with Crippen LogP contribution in [0.3, 0.4) is 0 Å². The molecule has 0 amide bonds. The second-order valence-electron chi connectivity index (χ2n) is 11.4. The third kappa shape index (κ3) is 10.3. The van der Waals surface area contributed by atoms with Crippen LogP contribution in [0.15, 0.2) is 54.6 Å². The zero-order valence-corrected chi connectivity index (χ0v) is 24.8. The summed E-state index contributed by atoms with van der Waals surface area (Å²) in [5, 5.41) is 10.9. The van der Waals surface area contributed by atoms with Crippen molar-refractivity contribution in [3.63, 3.8) is 0 Å². The number of fused-ring (bicyclic) bond motifs is 1. The van der Waals surface area contributed by atoms with Gasteiger partial charge in [-0.05, 0) is 30.9 Å².